The molecule has 5 rings (SSSR count). The van der Waals surface area contributed by atoms with E-state index in [9.17, 15) is 14.4 Å². The molecule has 1 atom stereocenters. The fraction of sp³-hybridized carbons (Fsp3) is 0.0968. The van der Waals surface area contributed by atoms with Crippen molar-refractivity contribution in [2.24, 2.45) is 5.73 Å². The Balaban J connectivity index is 1.38. The van der Waals surface area contributed by atoms with Crippen LogP contribution < -0.4 is 19.9 Å². The summed E-state index contributed by atoms with van der Waals surface area (Å²) in [6.07, 6.45) is 0. The lowest BCUT2D eigenvalue weighted by Gasteiger charge is -2.26. The Morgan fingerprint density at radius 1 is 1.00 bits per heavy atom. The number of nitriles is 1. The molecule has 0 aromatic heterocycles. The Kier molecular flexibility index (Phi) is 6.79. The minimum atomic E-state index is -0.835. The van der Waals surface area contributed by atoms with Crippen molar-refractivity contribution in [1.29, 1.82) is 5.26 Å². The number of nitrogens with two attached hydrogens (primary N) is 1. The largest absolute Gasteiger partial charge is 0.489 e. The van der Waals surface area contributed by atoms with Gasteiger partial charge in [-0.15, -0.1) is 0 Å². The molecule has 0 fully saturated rings. The van der Waals surface area contributed by atoms with Gasteiger partial charge < -0.3 is 19.9 Å². The van der Waals surface area contributed by atoms with Crippen LogP contribution in [0, 0.1) is 24.1 Å². The van der Waals surface area contributed by atoms with Gasteiger partial charge in [-0.2, -0.15) is 5.26 Å². The highest BCUT2D eigenvalue weighted by atomic mass is 19.1. The number of rotatable bonds is 6. The minimum Gasteiger partial charge on any atom is -0.489 e. The highest BCUT2D eigenvalue weighted by Gasteiger charge is 2.31. The number of hydrogen-bond donors (Lipinski definition) is 1. The summed E-state index contributed by atoms with van der Waals surface area (Å²) in [6.45, 7) is 2.47. The molecular weight excluding hydrogens is 483 g/mol. The SMILES string of the molecule is Cc1ccc(COc2ccc(C3C(C#N)=C(N)Oc4cc(OC(=O)c5ccccc5F)ccc43)cc2)cc1. The molecule has 0 radical (unpaired) electrons. The lowest BCUT2D eigenvalue weighted by atomic mass is 9.83. The van der Waals surface area contributed by atoms with E-state index in [1.807, 2.05) is 55.5 Å². The Morgan fingerprint density at radius 2 is 1.71 bits per heavy atom. The molecule has 0 bridgehead atoms. The van der Waals surface area contributed by atoms with E-state index in [1.54, 1.807) is 18.2 Å². The molecule has 188 valence electrons. The monoisotopic (exact) mass is 506 g/mol. The number of esters is 1. The van der Waals surface area contributed by atoms with Crippen LogP contribution in [0.1, 0.15) is 38.5 Å². The van der Waals surface area contributed by atoms with Gasteiger partial charge in [0, 0.05) is 11.6 Å². The third-order valence-electron chi connectivity index (χ3n) is 6.23. The van der Waals surface area contributed by atoms with Crippen LogP contribution in [-0.2, 0) is 6.61 Å². The standard InChI is InChI=1S/C31H23FN2O4/c1-19-6-8-20(9-7-19)18-36-22-12-10-21(11-13-22)29-25-15-14-23(16-28(25)38-30(34)26(29)17-33)37-31(35)24-4-2-3-5-27(24)32/h2-16,29H,18,34H2,1H3. The first-order chi connectivity index (χ1) is 18.4. The van der Waals surface area contributed by atoms with E-state index in [0.29, 0.717) is 23.7 Å². The Morgan fingerprint density at radius 3 is 2.42 bits per heavy atom. The zero-order chi connectivity index (χ0) is 26.6. The number of nitrogens with zero attached hydrogens (tertiary/aromatic N) is 1. The molecule has 38 heavy (non-hydrogen) atoms. The fourth-order valence-corrected chi connectivity index (χ4v) is 4.24. The van der Waals surface area contributed by atoms with Crippen LogP contribution in [0.3, 0.4) is 0 Å². The summed E-state index contributed by atoms with van der Waals surface area (Å²) in [5.41, 5.74) is 9.92. The summed E-state index contributed by atoms with van der Waals surface area (Å²) in [7, 11) is 0. The van der Waals surface area contributed by atoms with Crippen molar-refractivity contribution in [3.05, 3.63) is 136 Å². The summed E-state index contributed by atoms with van der Waals surface area (Å²) in [5.74, 6) is -0.864. The van der Waals surface area contributed by atoms with Crippen molar-refractivity contribution in [1.82, 2.24) is 0 Å². The number of aryl methyl sites for hydroxylation is 1. The number of fused-ring (bicyclic) bond motifs is 1. The van der Waals surface area contributed by atoms with Crippen molar-refractivity contribution >= 4 is 5.97 Å². The van der Waals surface area contributed by atoms with Gasteiger partial charge in [0.25, 0.3) is 0 Å². The van der Waals surface area contributed by atoms with Gasteiger partial charge in [-0.1, -0.05) is 60.2 Å². The van der Waals surface area contributed by atoms with Gasteiger partial charge in [0.15, 0.2) is 0 Å². The summed E-state index contributed by atoms with van der Waals surface area (Å²) in [6, 6.07) is 28.1. The topological polar surface area (TPSA) is 94.6 Å². The van der Waals surface area contributed by atoms with Crippen LogP contribution in [0.2, 0.25) is 0 Å². The van der Waals surface area contributed by atoms with E-state index >= 15 is 0 Å². The van der Waals surface area contributed by atoms with Gasteiger partial charge in [-0.05, 0) is 48.4 Å². The number of benzene rings is 4. The number of carbonyl (C=O) groups is 1. The molecule has 4 aromatic rings. The number of halogens is 1. The molecule has 6 nitrogen and oxygen atoms in total. The van der Waals surface area contributed by atoms with Crippen LogP contribution >= 0.6 is 0 Å². The summed E-state index contributed by atoms with van der Waals surface area (Å²) >= 11 is 0. The first-order valence-corrected chi connectivity index (χ1v) is 11.9. The quantitative estimate of drug-likeness (QED) is 0.249. The van der Waals surface area contributed by atoms with Crippen molar-refractivity contribution < 1.29 is 23.4 Å². The van der Waals surface area contributed by atoms with Crippen LogP contribution in [0.25, 0.3) is 0 Å². The first kappa shape index (κ1) is 24.6. The molecule has 0 aliphatic carbocycles. The highest BCUT2D eigenvalue weighted by molar-refractivity contribution is 5.91. The highest BCUT2D eigenvalue weighted by Crippen LogP contribution is 2.43. The number of ether oxygens (including phenoxy) is 3. The normalized spacial score (nSPS) is 14.2. The van der Waals surface area contributed by atoms with E-state index in [-0.39, 0.29) is 22.8 Å². The zero-order valence-electron chi connectivity index (χ0n) is 20.5. The Hall–Kier alpha value is -5.09. The average Bonchev–Trinajstić information content (AvgIpc) is 2.92. The van der Waals surface area contributed by atoms with Gasteiger partial charge in [-0.3, -0.25) is 0 Å². The molecule has 1 aliphatic heterocycles. The predicted molar refractivity (Wildman–Crippen MR) is 139 cm³/mol. The second-order valence-corrected chi connectivity index (χ2v) is 8.84. The van der Waals surface area contributed by atoms with Gasteiger partial charge in [-0.25, -0.2) is 9.18 Å². The van der Waals surface area contributed by atoms with Gasteiger partial charge in [0.1, 0.15) is 41.3 Å². The third-order valence-corrected chi connectivity index (χ3v) is 6.23. The molecule has 0 amide bonds. The van der Waals surface area contributed by atoms with E-state index in [4.69, 9.17) is 19.9 Å². The second kappa shape index (κ2) is 10.5. The van der Waals surface area contributed by atoms with E-state index in [2.05, 4.69) is 6.07 Å². The average molecular weight is 507 g/mol. The molecule has 2 N–H and O–H groups in total. The molecule has 1 aliphatic rings. The smallest absolute Gasteiger partial charge is 0.346 e. The van der Waals surface area contributed by atoms with Crippen LogP contribution in [-0.4, -0.2) is 5.97 Å². The van der Waals surface area contributed by atoms with Crippen LogP contribution in [0.15, 0.2) is 102 Å². The first-order valence-electron chi connectivity index (χ1n) is 11.9. The minimum absolute atomic E-state index is 0.0396. The number of hydrogen-bond acceptors (Lipinski definition) is 6. The molecule has 4 aromatic carbocycles. The number of allylic oxidation sites excluding steroid dienone is 1. The molecule has 7 heteroatoms. The van der Waals surface area contributed by atoms with Crippen LogP contribution in [0.5, 0.6) is 17.2 Å². The van der Waals surface area contributed by atoms with Gasteiger partial charge in [0.2, 0.25) is 5.88 Å². The Labute approximate surface area is 219 Å². The number of carbonyl (C=O) groups excluding carboxylic acids is 1. The molecule has 1 heterocycles. The van der Waals surface area contributed by atoms with E-state index in [0.717, 1.165) is 11.1 Å². The van der Waals surface area contributed by atoms with Crippen molar-refractivity contribution in [3.63, 3.8) is 0 Å². The van der Waals surface area contributed by atoms with Crippen LogP contribution in [0.4, 0.5) is 4.39 Å². The predicted octanol–water partition coefficient (Wildman–Crippen LogP) is 6.15. The Bertz CT molecular complexity index is 1570. The maximum Gasteiger partial charge on any atom is 0.346 e. The lowest BCUT2D eigenvalue weighted by Crippen LogP contribution is -2.21. The molecule has 0 saturated heterocycles. The third kappa shape index (κ3) is 5.06. The lowest BCUT2D eigenvalue weighted by molar-refractivity contribution is 0.0729. The maximum atomic E-state index is 14.0. The van der Waals surface area contributed by atoms with E-state index < -0.39 is 17.7 Å². The molecular formula is C31H23FN2O4. The fourth-order valence-electron chi connectivity index (χ4n) is 4.24. The van der Waals surface area contributed by atoms with Crippen molar-refractivity contribution in [3.8, 4) is 23.3 Å². The van der Waals surface area contributed by atoms with Gasteiger partial charge >= 0.3 is 5.97 Å². The van der Waals surface area contributed by atoms with Gasteiger partial charge in [0.05, 0.1) is 11.5 Å². The molecule has 0 spiro atoms. The molecule has 1 unspecified atom stereocenters. The van der Waals surface area contributed by atoms with Crippen molar-refractivity contribution in [2.75, 3.05) is 0 Å². The maximum absolute atomic E-state index is 14.0. The summed E-state index contributed by atoms with van der Waals surface area (Å²) < 4.78 is 31.0. The second-order valence-electron chi connectivity index (χ2n) is 8.84. The van der Waals surface area contributed by atoms with Crippen molar-refractivity contribution in [2.45, 2.75) is 19.4 Å². The zero-order valence-corrected chi connectivity index (χ0v) is 20.5. The summed E-state index contributed by atoms with van der Waals surface area (Å²) in [5, 5.41) is 9.83. The van der Waals surface area contributed by atoms with E-state index in [1.165, 1.54) is 29.8 Å². The summed E-state index contributed by atoms with van der Waals surface area (Å²) in [4.78, 5) is 12.5. The molecule has 0 saturated carbocycles.